The van der Waals surface area contributed by atoms with E-state index >= 15 is 0 Å². The van der Waals surface area contributed by atoms with Crippen LogP contribution in [0, 0.1) is 0 Å². The minimum atomic E-state index is -0.0220. The number of rotatable bonds is 3. The van der Waals surface area contributed by atoms with Crippen molar-refractivity contribution in [1.29, 1.82) is 0 Å². The lowest BCUT2D eigenvalue weighted by atomic mass is 10.1. The number of hydrazine groups is 1. The molecular weight excluding hydrogens is 186 g/mol. The SMILES string of the molecule is NNC(c1ccoc1)c1ccns1. The molecule has 0 aliphatic heterocycles. The molecule has 0 amide bonds. The number of furan rings is 1. The number of nitrogens with one attached hydrogen (secondary N) is 1. The third-order valence-corrected chi connectivity index (χ3v) is 2.60. The molecular formula is C8H9N3OS. The average Bonchev–Trinajstić information content (AvgIpc) is 2.76. The van der Waals surface area contributed by atoms with Crippen molar-refractivity contribution in [1.82, 2.24) is 9.80 Å². The summed E-state index contributed by atoms with van der Waals surface area (Å²) in [5.74, 6) is 5.44. The van der Waals surface area contributed by atoms with Gasteiger partial charge < -0.3 is 4.42 Å². The number of hydrogen-bond donors (Lipinski definition) is 2. The summed E-state index contributed by atoms with van der Waals surface area (Å²) in [6.07, 6.45) is 5.05. The molecule has 3 N–H and O–H groups in total. The molecule has 2 aromatic rings. The van der Waals surface area contributed by atoms with Gasteiger partial charge in [0.15, 0.2) is 0 Å². The normalized spacial score (nSPS) is 13.0. The maximum Gasteiger partial charge on any atom is 0.0954 e. The molecule has 0 bridgehead atoms. The smallest absolute Gasteiger partial charge is 0.0954 e. The predicted octanol–water partition coefficient (Wildman–Crippen LogP) is 1.29. The molecule has 0 spiro atoms. The zero-order valence-corrected chi connectivity index (χ0v) is 7.62. The Hall–Kier alpha value is -1.17. The Labute approximate surface area is 79.5 Å². The molecule has 68 valence electrons. The first-order valence-corrected chi connectivity index (χ1v) is 4.58. The summed E-state index contributed by atoms with van der Waals surface area (Å²) in [7, 11) is 0. The van der Waals surface area contributed by atoms with Gasteiger partial charge in [-0.15, -0.1) is 0 Å². The van der Waals surface area contributed by atoms with Gasteiger partial charge in [-0.3, -0.25) is 5.84 Å². The second kappa shape index (κ2) is 3.69. The first-order valence-electron chi connectivity index (χ1n) is 3.80. The van der Waals surface area contributed by atoms with E-state index in [4.69, 9.17) is 10.3 Å². The second-order valence-corrected chi connectivity index (χ2v) is 3.44. The lowest BCUT2D eigenvalue weighted by Crippen LogP contribution is -2.27. The summed E-state index contributed by atoms with van der Waals surface area (Å²) in [6.45, 7) is 0. The Balaban J connectivity index is 2.29. The summed E-state index contributed by atoms with van der Waals surface area (Å²) >= 11 is 1.42. The van der Waals surface area contributed by atoms with Crippen LogP contribution in [0.4, 0.5) is 0 Å². The van der Waals surface area contributed by atoms with Crippen LogP contribution in [0.5, 0.6) is 0 Å². The van der Waals surface area contributed by atoms with Gasteiger partial charge >= 0.3 is 0 Å². The topological polar surface area (TPSA) is 64.1 Å². The zero-order valence-electron chi connectivity index (χ0n) is 6.81. The zero-order chi connectivity index (χ0) is 9.10. The lowest BCUT2D eigenvalue weighted by molar-refractivity contribution is 0.554. The van der Waals surface area contributed by atoms with Crippen molar-refractivity contribution < 1.29 is 4.42 Å². The van der Waals surface area contributed by atoms with Crippen molar-refractivity contribution in [3.8, 4) is 0 Å². The lowest BCUT2D eigenvalue weighted by Gasteiger charge is -2.10. The molecule has 1 atom stereocenters. The van der Waals surface area contributed by atoms with Crippen molar-refractivity contribution in [2.45, 2.75) is 6.04 Å². The second-order valence-electron chi connectivity index (χ2n) is 2.57. The van der Waals surface area contributed by atoms with Gasteiger partial charge in [-0.25, -0.2) is 9.80 Å². The van der Waals surface area contributed by atoms with E-state index in [-0.39, 0.29) is 6.04 Å². The number of nitrogens with two attached hydrogens (primary N) is 1. The van der Waals surface area contributed by atoms with Crippen molar-refractivity contribution in [3.63, 3.8) is 0 Å². The minimum Gasteiger partial charge on any atom is -0.472 e. The molecule has 4 nitrogen and oxygen atoms in total. The molecule has 13 heavy (non-hydrogen) atoms. The first-order chi connectivity index (χ1) is 6.42. The van der Waals surface area contributed by atoms with Crippen LogP contribution in [-0.4, -0.2) is 4.37 Å². The van der Waals surface area contributed by atoms with Crippen molar-refractivity contribution in [3.05, 3.63) is 41.3 Å². The van der Waals surface area contributed by atoms with Crippen molar-refractivity contribution in [2.24, 2.45) is 5.84 Å². The standard InChI is InChI=1S/C8H9N3OS/c9-11-8(6-2-4-12-5-6)7-1-3-10-13-7/h1-5,8,11H,9H2. The molecule has 0 radical (unpaired) electrons. The van der Waals surface area contributed by atoms with Crippen LogP contribution in [0.1, 0.15) is 16.5 Å². The van der Waals surface area contributed by atoms with Crippen LogP contribution in [0.15, 0.2) is 35.3 Å². The Morgan fingerprint density at radius 2 is 2.46 bits per heavy atom. The molecule has 0 aliphatic rings. The summed E-state index contributed by atoms with van der Waals surface area (Å²) in [5.41, 5.74) is 3.72. The molecule has 0 aromatic carbocycles. The highest BCUT2D eigenvalue weighted by atomic mass is 32.1. The van der Waals surface area contributed by atoms with E-state index in [1.54, 1.807) is 18.7 Å². The molecule has 0 saturated heterocycles. The summed E-state index contributed by atoms with van der Waals surface area (Å²) in [6, 6.07) is 3.79. The molecule has 5 heteroatoms. The quantitative estimate of drug-likeness (QED) is 0.572. The van der Waals surface area contributed by atoms with Crippen LogP contribution < -0.4 is 11.3 Å². The highest BCUT2D eigenvalue weighted by Crippen LogP contribution is 2.23. The Kier molecular flexibility index (Phi) is 2.40. The van der Waals surface area contributed by atoms with Gasteiger partial charge in [0.25, 0.3) is 0 Å². The summed E-state index contributed by atoms with van der Waals surface area (Å²) in [4.78, 5) is 1.07. The molecule has 1 unspecified atom stereocenters. The number of hydrogen-bond acceptors (Lipinski definition) is 5. The van der Waals surface area contributed by atoms with Crippen LogP contribution in [0.3, 0.4) is 0 Å². The predicted molar refractivity (Wildman–Crippen MR) is 50.0 cm³/mol. The fraction of sp³-hybridized carbons (Fsp3) is 0.125. The van der Waals surface area contributed by atoms with E-state index < -0.39 is 0 Å². The van der Waals surface area contributed by atoms with Crippen LogP contribution >= 0.6 is 11.5 Å². The molecule has 2 aromatic heterocycles. The fourth-order valence-electron chi connectivity index (χ4n) is 1.16. The number of nitrogens with zero attached hydrogens (tertiary/aromatic N) is 1. The highest BCUT2D eigenvalue weighted by Gasteiger charge is 2.14. The van der Waals surface area contributed by atoms with Gasteiger partial charge in [0.2, 0.25) is 0 Å². The Morgan fingerprint density at radius 1 is 1.54 bits per heavy atom. The highest BCUT2D eigenvalue weighted by molar-refractivity contribution is 7.05. The van der Waals surface area contributed by atoms with E-state index in [2.05, 4.69) is 9.80 Å². The van der Waals surface area contributed by atoms with Gasteiger partial charge in [0.05, 0.1) is 18.6 Å². The van der Waals surface area contributed by atoms with Gasteiger partial charge in [-0.05, 0) is 23.7 Å². The van der Waals surface area contributed by atoms with Crippen molar-refractivity contribution in [2.75, 3.05) is 0 Å². The summed E-state index contributed by atoms with van der Waals surface area (Å²) < 4.78 is 9.00. The fourth-order valence-corrected chi connectivity index (χ4v) is 1.83. The van der Waals surface area contributed by atoms with Gasteiger partial charge in [0.1, 0.15) is 0 Å². The van der Waals surface area contributed by atoms with Crippen molar-refractivity contribution >= 4 is 11.5 Å². The maximum absolute atomic E-state index is 5.44. The summed E-state index contributed by atoms with van der Waals surface area (Å²) in [5, 5.41) is 0. The Bertz CT molecular complexity index is 309. The van der Waals surface area contributed by atoms with Gasteiger partial charge in [-0.2, -0.15) is 0 Å². The third-order valence-electron chi connectivity index (χ3n) is 1.79. The molecule has 0 fully saturated rings. The third kappa shape index (κ3) is 1.62. The monoisotopic (exact) mass is 195 g/mol. The molecule has 0 saturated carbocycles. The molecule has 0 aliphatic carbocycles. The largest absolute Gasteiger partial charge is 0.472 e. The van der Waals surface area contributed by atoms with E-state index in [1.165, 1.54) is 11.5 Å². The van der Waals surface area contributed by atoms with E-state index in [0.29, 0.717) is 0 Å². The van der Waals surface area contributed by atoms with Gasteiger partial charge in [0, 0.05) is 16.6 Å². The Morgan fingerprint density at radius 3 is 3.00 bits per heavy atom. The average molecular weight is 195 g/mol. The molecule has 2 rings (SSSR count). The van der Waals surface area contributed by atoms with Gasteiger partial charge in [-0.1, -0.05) is 0 Å². The van der Waals surface area contributed by atoms with Crippen LogP contribution in [0.2, 0.25) is 0 Å². The minimum absolute atomic E-state index is 0.0220. The van der Waals surface area contributed by atoms with E-state index in [1.807, 2.05) is 12.1 Å². The van der Waals surface area contributed by atoms with E-state index in [0.717, 1.165) is 10.4 Å². The maximum atomic E-state index is 5.44. The first kappa shape index (κ1) is 8.43. The molecule has 2 heterocycles. The van der Waals surface area contributed by atoms with Crippen LogP contribution in [-0.2, 0) is 0 Å². The number of aromatic nitrogens is 1. The van der Waals surface area contributed by atoms with Crippen LogP contribution in [0.25, 0.3) is 0 Å². The van der Waals surface area contributed by atoms with E-state index in [9.17, 15) is 0 Å².